The Labute approximate surface area is 91.2 Å². The van der Waals surface area contributed by atoms with Gasteiger partial charge in [0.15, 0.2) is 11.5 Å². The van der Waals surface area contributed by atoms with Crippen molar-refractivity contribution in [2.24, 2.45) is 5.73 Å². The molecule has 3 nitrogen and oxygen atoms in total. The van der Waals surface area contributed by atoms with E-state index in [1.54, 1.807) is 14.2 Å². The summed E-state index contributed by atoms with van der Waals surface area (Å²) in [6.07, 6.45) is 0. The third-order valence-corrected chi connectivity index (χ3v) is 2.41. The molecular weight excluding hydrogens is 190 g/mol. The third-order valence-electron chi connectivity index (χ3n) is 2.41. The van der Waals surface area contributed by atoms with E-state index in [0.717, 1.165) is 22.6 Å². The minimum Gasteiger partial charge on any atom is -0.493 e. The van der Waals surface area contributed by atoms with Gasteiger partial charge < -0.3 is 15.2 Å². The molecule has 0 saturated carbocycles. The minimum atomic E-state index is -0.371. The van der Waals surface area contributed by atoms with Crippen LogP contribution in [0.25, 0.3) is 0 Å². The van der Waals surface area contributed by atoms with Gasteiger partial charge in [-0.15, -0.1) is 0 Å². The molecule has 0 radical (unpaired) electrons. The molecule has 0 aromatic heterocycles. The predicted octanol–water partition coefficient (Wildman–Crippen LogP) is 2.21. The maximum absolute atomic E-state index is 6.04. The second-order valence-electron chi connectivity index (χ2n) is 4.25. The van der Waals surface area contributed by atoms with Crippen LogP contribution in [0.1, 0.15) is 25.0 Å². The van der Waals surface area contributed by atoms with Gasteiger partial charge in [0.1, 0.15) is 0 Å². The number of rotatable bonds is 3. The number of hydrogen-bond donors (Lipinski definition) is 1. The van der Waals surface area contributed by atoms with Crippen LogP contribution in [0, 0.1) is 6.92 Å². The fraction of sp³-hybridized carbons (Fsp3) is 0.500. The second-order valence-corrected chi connectivity index (χ2v) is 4.25. The second kappa shape index (κ2) is 4.11. The molecule has 0 aliphatic heterocycles. The quantitative estimate of drug-likeness (QED) is 0.830. The molecule has 0 spiro atoms. The van der Waals surface area contributed by atoms with E-state index in [0.29, 0.717) is 0 Å². The van der Waals surface area contributed by atoms with Crippen molar-refractivity contribution >= 4 is 0 Å². The smallest absolute Gasteiger partial charge is 0.163 e. The first kappa shape index (κ1) is 11.9. The lowest BCUT2D eigenvalue weighted by atomic mass is 9.93. The molecule has 0 amide bonds. The van der Waals surface area contributed by atoms with Crippen molar-refractivity contribution in [3.8, 4) is 11.5 Å². The fourth-order valence-corrected chi connectivity index (χ4v) is 1.53. The molecule has 0 bridgehead atoms. The molecule has 15 heavy (non-hydrogen) atoms. The van der Waals surface area contributed by atoms with Gasteiger partial charge in [-0.1, -0.05) is 6.07 Å². The highest BCUT2D eigenvalue weighted by Gasteiger charge is 2.18. The molecule has 0 unspecified atom stereocenters. The van der Waals surface area contributed by atoms with E-state index < -0.39 is 0 Å². The lowest BCUT2D eigenvalue weighted by Gasteiger charge is -2.22. The number of nitrogens with two attached hydrogens (primary N) is 1. The summed E-state index contributed by atoms with van der Waals surface area (Å²) in [5.41, 5.74) is 7.75. The van der Waals surface area contributed by atoms with Gasteiger partial charge in [-0.3, -0.25) is 0 Å². The summed E-state index contributed by atoms with van der Waals surface area (Å²) in [7, 11) is 3.27. The van der Waals surface area contributed by atoms with Crippen molar-refractivity contribution < 1.29 is 9.47 Å². The summed E-state index contributed by atoms with van der Waals surface area (Å²) in [6, 6.07) is 3.95. The Morgan fingerprint density at radius 2 is 1.73 bits per heavy atom. The van der Waals surface area contributed by atoms with Gasteiger partial charge in [0.2, 0.25) is 0 Å². The summed E-state index contributed by atoms with van der Waals surface area (Å²) >= 11 is 0. The van der Waals surface area contributed by atoms with E-state index in [9.17, 15) is 0 Å². The largest absolute Gasteiger partial charge is 0.493 e. The van der Waals surface area contributed by atoms with Crippen LogP contribution in [0.15, 0.2) is 12.1 Å². The predicted molar refractivity (Wildman–Crippen MR) is 61.5 cm³/mol. The van der Waals surface area contributed by atoms with Crippen molar-refractivity contribution in [2.75, 3.05) is 14.2 Å². The van der Waals surface area contributed by atoms with Crippen molar-refractivity contribution in [1.82, 2.24) is 0 Å². The van der Waals surface area contributed by atoms with Gasteiger partial charge in [0.25, 0.3) is 0 Å². The van der Waals surface area contributed by atoms with Gasteiger partial charge >= 0.3 is 0 Å². The number of ether oxygens (including phenoxy) is 2. The monoisotopic (exact) mass is 209 g/mol. The SMILES string of the molecule is COc1cc(C(C)(C)N)cc(C)c1OC. The van der Waals surface area contributed by atoms with Crippen LogP contribution in [0.5, 0.6) is 11.5 Å². The summed E-state index contributed by atoms with van der Waals surface area (Å²) in [5, 5.41) is 0. The molecular formula is C12H19NO2. The number of benzene rings is 1. The highest BCUT2D eigenvalue weighted by Crippen LogP contribution is 2.34. The zero-order valence-electron chi connectivity index (χ0n) is 10.0. The van der Waals surface area contributed by atoms with Crippen LogP contribution in [-0.2, 0) is 5.54 Å². The van der Waals surface area contributed by atoms with Gasteiger partial charge in [0, 0.05) is 5.54 Å². The van der Waals surface area contributed by atoms with Crippen molar-refractivity contribution in [3.05, 3.63) is 23.3 Å². The molecule has 3 heteroatoms. The number of methoxy groups -OCH3 is 2. The Kier molecular flexibility index (Phi) is 3.25. The summed E-state index contributed by atoms with van der Waals surface area (Å²) in [4.78, 5) is 0. The molecule has 1 aromatic carbocycles. The van der Waals surface area contributed by atoms with E-state index in [1.807, 2.05) is 32.9 Å². The Hall–Kier alpha value is -1.22. The van der Waals surface area contributed by atoms with Crippen molar-refractivity contribution in [3.63, 3.8) is 0 Å². The summed E-state index contributed by atoms with van der Waals surface area (Å²) < 4.78 is 10.5. The van der Waals surface area contributed by atoms with Crippen LogP contribution in [0.3, 0.4) is 0 Å². The summed E-state index contributed by atoms with van der Waals surface area (Å²) in [6.45, 7) is 5.91. The van der Waals surface area contributed by atoms with Crippen LogP contribution in [0.4, 0.5) is 0 Å². The lowest BCUT2D eigenvalue weighted by molar-refractivity contribution is 0.351. The van der Waals surface area contributed by atoms with Crippen LogP contribution < -0.4 is 15.2 Å². The van der Waals surface area contributed by atoms with Crippen LogP contribution in [-0.4, -0.2) is 14.2 Å². The fourth-order valence-electron chi connectivity index (χ4n) is 1.53. The van der Waals surface area contributed by atoms with Gasteiger partial charge in [-0.2, -0.15) is 0 Å². The molecule has 0 atom stereocenters. The molecule has 2 N–H and O–H groups in total. The molecule has 1 aromatic rings. The molecule has 0 fully saturated rings. The number of aryl methyl sites for hydroxylation is 1. The average molecular weight is 209 g/mol. The van der Waals surface area contributed by atoms with E-state index >= 15 is 0 Å². The highest BCUT2D eigenvalue weighted by atomic mass is 16.5. The first-order valence-corrected chi connectivity index (χ1v) is 4.92. The van der Waals surface area contributed by atoms with Gasteiger partial charge in [-0.25, -0.2) is 0 Å². The van der Waals surface area contributed by atoms with Crippen molar-refractivity contribution in [1.29, 1.82) is 0 Å². The maximum Gasteiger partial charge on any atom is 0.163 e. The standard InChI is InChI=1S/C12H19NO2/c1-8-6-9(12(2,3)13)7-10(14-4)11(8)15-5/h6-7H,13H2,1-5H3. The van der Waals surface area contributed by atoms with E-state index in [-0.39, 0.29) is 5.54 Å². The first-order valence-electron chi connectivity index (χ1n) is 4.92. The van der Waals surface area contributed by atoms with Crippen molar-refractivity contribution in [2.45, 2.75) is 26.3 Å². The zero-order chi connectivity index (χ0) is 11.6. The van der Waals surface area contributed by atoms with E-state index in [4.69, 9.17) is 15.2 Å². The van der Waals surface area contributed by atoms with Crippen LogP contribution >= 0.6 is 0 Å². The Balaban J connectivity index is 3.32. The maximum atomic E-state index is 6.04. The molecule has 0 saturated heterocycles. The molecule has 0 heterocycles. The van der Waals surface area contributed by atoms with Gasteiger partial charge in [-0.05, 0) is 38.0 Å². The molecule has 1 rings (SSSR count). The Bertz CT molecular complexity index is 353. The molecule has 0 aliphatic carbocycles. The van der Waals surface area contributed by atoms with E-state index in [1.165, 1.54) is 0 Å². The first-order chi connectivity index (χ1) is 6.90. The highest BCUT2D eigenvalue weighted by molar-refractivity contribution is 5.50. The zero-order valence-corrected chi connectivity index (χ0v) is 10.0. The molecule has 0 aliphatic rings. The lowest BCUT2D eigenvalue weighted by Crippen LogP contribution is -2.28. The average Bonchev–Trinajstić information content (AvgIpc) is 2.15. The molecule has 84 valence electrons. The summed E-state index contributed by atoms with van der Waals surface area (Å²) in [5.74, 6) is 1.50. The third kappa shape index (κ3) is 2.42. The van der Waals surface area contributed by atoms with Crippen LogP contribution in [0.2, 0.25) is 0 Å². The van der Waals surface area contributed by atoms with Gasteiger partial charge in [0.05, 0.1) is 14.2 Å². The topological polar surface area (TPSA) is 44.5 Å². The normalized spacial score (nSPS) is 11.3. The number of hydrogen-bond acceptors (Lipinski definition) is 3. The minimum absolute atomic E-state index is 0.371. The Morgan fingerprint density at radius 3 is 2.13 bits per heavy atom. The van der Waals surface area contributed by atoms with E-state index in [2.05, 4.69) is 0 Å². The Morgan fingerprint density at radius 1 is 1.13 bits per heavy atom.